The number of pyridine rings is 1. The van der Waals surface area contributed by atoms with Crippen LogP contribution in [-0.4, -0.2) is 10.1 Å². The van der Waals surface area contributed by atoms with Gasteiger partial charge in [-0.25, -0.2) is 0 Å². The van der Waals surface area contributed by atoms with Gasteiger partial charge in [-0.1, -0.05) is 23.4 Å². The van der Waals surface area contributed by atoms with Gasteiger partial charge < -0.3 is 14.8 Å². The van der Waals surface area contributed by atoms with Gasteiger partial charge in [0.25, 0.3) is 0 Å². The van der Waals surface area contributed by atoms with Crippen LogP contribution in [0.2, 0.25) is 0 Å². The summed E-state index contributed by atoms with van der Waals surface area (Å²) in [5.74, 6) is 0.676. The van der Waals surface area contributed by atoms with E-state index in [2.05, 4.69) is 15.5 Å². The number of H-pyrrole nitrogens is 1. The predicted molar refractivity (Wildman–Crippen MR) is 108 cm³/mol. The average molecular weight is 413 g/mol. The van der Waals surface area contributed by atoms with Crippen LogP contribution in [0.1, 0.15) is 22.6 Å². The Kier molecular flexibility index (Phi) is 4.85. The molecular weight excluding hydrogens is 395 g/mol. The minimum Gasteiger partial charge on any atom is -0.380 e. The minimum absolute atomic E-state index is 0.137. The van der Waals surface area contributed by atoms with Gasteiger partial charge in [0.05, 0.1) is 16.8 Å². The van der Waals surface area contributed by atoms with E-state index in [1.807, 2.05) is 26.0 Å². The Hall–Kier alpha value is -3.55. The number of rotatable bonds is 4. The van der Waals surface area contributed by atoms with Crippen LogP contribution < -0.4 is 10.9 Å². The van der Waals surface area contributed by atoms with Crippen LogP contribution in [0.4, 0.5) is 18.9 Å². The third-order valence-electron chi connectivity index (χ3n) is 4.90. The van der Waals surface area contributed by atoms with Crippen LogP contribution in [0.15, 0.2) is 57.8 Å². The quantitative estimate of drug-likeness (QED) is 0.468. The van der Waals surface area contributed by atoms with Gasteiger partial charge in [0, 0.05) is 29.2 Å². The molecule has 4 rings (SSSR count). The van der Waals surface area contributed by atoms with Crippen molar-refractivity contribution in [3.8, 4) is 11.1 Å². The van der Waals surface area contributed by atoms with Crippen molar-refractivity contribution < 1.29 is 17.7 Å². The van der Waals surface area contributed by atoms with E-state index in [-0.39, 0.29) is 12.1 Å². The number of nitrogens with zero attached hydrogens (tertiary/aromatic N) is 1. The van der Waals surface area contributed by atoms with Gasteiger partial charge >= 0.3 is 6.18 Å². The number of anilines is 1. The molecule has 0 radical (unpaired) electrons. The molecule has 2 heterocycles. The number of halogens is 3. The lowest BCUT2D eigenvalue weighted by Gasteiger charge is -2.12. The molecule has 2 N–H and O–H groups in total. The summed E-state index contributed by atoms with van der Waals surface area (Å²) in [5.41, 5.74) is 3.07. The van der Waals surface area contributed by atoms with Crippen LogP contribution in [-0.2, 0) is 12.7 Å². The number of hydrogen-bond acceptors (Lipinski definition) is 4. The maximum atomic E-state index is 13.0. The van der Waals surface area contributed by atoms with Crippen molar-refractivity contribution in [3.05, 3.63) is 81.5 Å². The first-order valence-corrected chi connectivity index (χ1v) is 9.23. The van der Waals surface area contributed by atoms with Crippen molar-refractivity contribution >= 4 is 16.6 Å². The van der Waals surface area contributed by atoms with Gasteiger partial charge in [-0.15, -0.1) is 0 Å². The first-order chi connectivity index (χ1) is 14.2. The van der Waals surface area contributed by atoms with Crippen LogP contribution in [0.25, 0.3) is 22.0 Å². The zero-order chi connectivity index (χ0) is 21.5. The third-order valence-corrected chi connectivity index (χ3v) is 4.90. The first-order valence-electron chi connectivity index (χ1n) is 9.23. The van der Waals surface area contributed by atoms with Crippen LogP contribution in [0, 0.1) is 13.8 Å². The Labute approximate surface area is 169 Å². The molecule has 0 amide bonds. The molecule has 0 bridgehead atoms. The third kappa shape index (κ3) is 3.80. The van der Waals surface area contributed by atoms with E-state index in [1.165, 1.54) is 12.1 Å². The molecule has 30 heavy (non-hydrogen) atoms. The second-order valence-electron chi connectivity index (χ2n) is 7.06. The van der Waals surface area contributed by atoms with E-state index >= 15 is 0 Å². The molecule has 154 valence electrons. The second kappa shape index (κ2) is 7.37. The van der Waals surface area contributed by atoms with Gasteiger partial charge in [0.1, 0.15) is 5.76 Å². The molecule has 0 saturated heterocycles. The Balaban J connectivity index is 1.72. The minimum atomic E-state index is -4.41. The molecule has 0 aliphatic rings. The maximum absolute atomic E-state index is 13.0. The zero-order valence-corrected chi connectivity index (χ0v) is 16.2. The molecule has 8 heteroatoms. The highest BCUT2D eigenvalue weighted by Gasteiger charge is 2.30. The summed E-state index contributed by atoms with van der Waals surface area (Å²) < 4.78 is 44.1. The maximum Gasteiger partial charge on any atom is 0.416 e. The highest BCUT2D eigenvalue weighted by Crippen LogP contribution is 2.32. The summed E-state index contributed by atoms with van der Waals surface area (Å²) in [6, 6.07) is 12.0. The molecule has 0 atom stereocenters. The fourth-order valence-electron chi connectivity index (χ4n) is 3.51. The van der Waals surface area contributed by atoms with E-state index in [0.29, 0.717) is 22.5 Å². The van der Waals surface area contributed by atoms with Crippen molar-refractivity contribution in [2.24, 2.45) is 0 Å². The molecule has 0 saturated carbocycles. The Bertz CT molecular complexity index is 1270. The summed E-state index contributed by atoms with van der Waals surface area (Å²) in [5, 5.41) is 7.81. The van der Waals surface area contributed by atoms with Gasteiger partial charge in [-0.3, -0.25) is 4.79 Å². The topological polar surface area (TPSA) is 70.9 Å². The number of benzene rings is 2. The largest absolute Gasteiger partial charge is 0.416 e. The van der Waals surface area contributed by atoms with Gasteiger partial charge in [-0.05, 0) is 49.2 Å². The van der Waals surface area contributed by atoms with Gasteiger partial charge in [-0.2, -0.15) is 13.2 Å². The highest BCUT2D eigenvalue weighted by molar-refractivity contribution is 5.94. The fraction of sp³-hybridized carbons (Fsp3) is 0.182. The van der Waals surface area contributed by atoms with Crippen molar-refractivity contribution in [3.63, 3.8) is 0 Å². The Morgan fingerprint density at radius 3 is 2.60 bits per heavy atom. The van der Waals surface area contributed by atoms with Crippen molar-refractivity contribution in [2.45, 2.75) is 26.6 Å². The lowest BCUT2D eigenvalue weighted by molar-refractivity contribution is -0.137. The number of hydrogen-bond donors (Lipinski definition) is 2. The number of aromatic amines is 1. The van der Waals surface area contributed by atoms with Crippen molar-refractivity contribution in [1.82, 2.24) is 10.1 Å². The molecule has 4 aromatic rings. The molecule has 0 aliphatic heterocycles. The lowest BCUT2D eigenvalue weighted by atomic mass is 10.0. The molecule has 0 fully saturated rings. The SMILES string of the molecule is Cc1noc(C)c1-c1ccc2[nH]c(=O)cc(NCc3cccc(C(F)(F)F)c3)c2c1. The first kappa shape index (κ1) is 19.8. The van der Waals surface area contributed by atoms with E-state index in [9.17, 15) is 18.0 Å². The molecule has 5 nitrogen and oxygen atoms in total. The monoisotopic (exact) mass is 413 g/mol. The second-order valence-corrected chi connectivity index (χ2v) is 7.06. The highest BCUT2D eigenvalue weighted by atomic mass is 19.4. The van der Waals surface area contributed by atoms with Gasteiger partial charge in [0.15, 0.2) is 0 Å². The van der Waals surface area contributed by atoms with E-state index < -0.39 is 11.7 Å². The summed E-state index contributed by atoms with van der Waals surface area (Å²) in [4.78, 5) is 14.8. The summed E-state index contributed by atoms with van der Waals surface area (Å²) in [6.07, 6.45) is -4.41. The van der Waals surface area contributed by atoms with Crippen LogP contribution in [0.3, 0.4) is 0 Å². The molecular formula is C22H18F3N3O2. The molecule has 0 aliphatic carbocycles. The molecule has 2 aromatic carbocycles. The summed E-state index contributed by atoms with van der Waals surface area (Å²) in [7, 11) is 0. The van der Waals surface area contributed by atoms with E-state index in [1.54, 1.807) is 12.1 Å². The van der Waals surface area contributed by atoms with E-state index in [0.717, 1.165) is 34.3 Å². The van der Waals surface area contributed by atoms with Crippen LogP contribution >= 0.6 is 0 Å². The Morgan fingerprint density at radius 2 is 1.90 bits per heavy atom. The van der Waals surface area contributed by atoms with E-state index in [4.69, 9.17) is 4.52 Å². The Morgan fingerprint density at radius 1 is 1.10 bits per heavy atom. The summed E-state index contributed by atoms with van der Waals surface area (Å²) in [6.45, 7) is 3.80. The smallest absolute Gasteiger partial charge is 0.380 e. The number of alkyl halides is 3. The number of fused-ring (bicyclic) bond motifs is 1. The standard InChI is InChI=1S/C22H18F3N3O2/c1-12-21(13(2)30-28-12)15-6-7-18-17(9-15)19(10-20(29)27-18)26-11-14-4-3-5-16(8-14)22(23,24)25/h3-10H,11H2,1-2H3,(H2,26,27,29). The van der Waals surface area contributed by atoms with Crippen molar-refractivity contribution in [1.29, 1.82) is 0 Å². The number of aromatic nitrogens is 2. The molecule has 2 aromatic heterocycles. The normalized spacial score (nSPS) is 11.8. The molecule has 0 spiro atoms. The predicted octanol–water partition coefficient (Wildman–Crippen LogP) is 5.43. The number of nitrogens with one attached hydrogen (secondary N) is 2. The van der Waals surface area contributed by atoms with Crippen LogP contribution in [0.5, 0.6) is 0 Å². The molecule has 0 unspecified atom stereocenters. The lowest BCUT2D eigenvalue weighted by Crippen LogP contribution is -2.10. The van der Waals surface area contributed by atoms with Crippen molar-refractivity contribution in [2.75, 3.05) is 5.32 Å². The van der Waals surface area contributed by atoms with Gasteiger partial charge in [0.2, 0.25) is 5.56 Å². The number of aryl methyl sites for hydroxylation is 2. The fourth-order valence-corrected chi connectivity index (χ4v) is 3.51. The summed E-state index contributed by atoms with van der Waals surface area (Å²) >= 11 is 0. The average Bonchev–Trinajstić information content (AvgIpc) is 3.03. The zero-order valence-electron chi connectivity index (χ0n) is 16.2.